The average molecular weight is 217 g/mol. The van der Waals surface area contributed by atoms with Gasteiger partial charge in [0.25, 0.3) is 0 Å². The maximum Gasteiger partial charge on any atom is 0.446 e. The molecule has 5 heteroatoms. The smallest absolute Gasteiger partial charge is 0.372 e. The van der Waals surface area contributed by atoms with E-state index in [0.29, 0.717) is 12.2 Å². The maximum absolute atomic E-state index is 11.6. The molecule has 0 spiro atoms. The zero-order valence-electron chi connectivity index (χ0n) is 8.88. The molecule has 0 N–H and O–H groups in total. The van der Waals surface area contributed by atoms with Crippen LogP contribution in [-0.2, 0) is 6.42 Å². The van der Waals surface area contributed by atoms with Crippen molar-refractivity contribution in [3.05, 3.63) is 40.6 Å². The lowest BCUT2D eigenvalue weighted by molar-refractivity contribution is 0.378. The predicted molar refractivity (Wildman–Crippen MR) is 59.1 cm³/mol. The van der Waals surface area contributed by atoms with Crippen molar-refractivity contribution in [1.82, 2.24) is 9.72 Å². The van der Waals surface area contributed by atoms with Crippen molar-refractivity contribution in [2.75, 3.05) is 18.5 Å². The second-order valence-corrected chi connectivity index (χ2v) is 3.86. The number of benzene rings is 1. The lowest BCUT2D eigenvalue weighted by Crippen LogP contribution is -2.19. The topological polar surface area (TPSA) is 51.3 Å². The van der Waals surface area contributed by atoms with Crippen LogP contribution < -0.4 is 10.7 Å². The third-order valence-corrected chi connectivity index (χ3v) is 2.87. The Bertz CT molecular complexity index is 585. The van der Waals surface area contributed by atoms with Gasteiger partial charge in [-0.1, -0.05) is 17.3 Å². The second kappa shape index (κ2) is 3.23. The standard InChI is InChI=1S/C11H11N3O2/c1-13-7-6-10-12-16-11(15)14(10)9-5-3-2-4-8(9)13/h2-5H,6-7H2,1H3. The lowest BCUT2D eigenvalue weighted by Gasteiger charge is -2.18. The van der Waals surface area contributed by atoms with Crippen molar-refractivity contribution in [3.8, 4) is 5.69 Å². The molecule has 1 aliphatic rings. The number of nitrogens with zero attached hydrogens (tertiary/aromatic N) is 3. The molecule has 1 aliphatic heterocycles. The zero-order valence-corrected chi connectivity index (χ0v) is 8.88. The summed E-state index contributed by atoms with van der Waals surface area (Å²) < 4.78 is 6.24. The van der Waals surface area contributed by atoms with Gasteiger partial charge in [-0.2, -0.15) is 0 Å². The molecular formula is C11H11N3O2. The third kappa shape index (κ3) is 1.18. The molecule has 1 aromatic carbocycles. The van der Waals surface area contributed by atoms with Crippen molar-refractivity contribution in [3.63, 3.8) is 0 Å². The van der Waals surface area contributed by atoms with Crippen molar-refractivity contribution in [2.45, 2.75) is 6.42 Å². The Balaban J connectivity index is 2.35. The highest BCUT2D eigenvalue weighted by molar-refractivity contribution is 5.63. The van der Waals surface area contributed by atoms with Crippen LogP contribution in [-0.4, -0.2) is 23.3 Å². The van der Waals surface area contributed by atoms with Crippen LogP contribution in [0.4, 0.5) is 5.69 Å². The van der Waals surface area contributed by atoms with Crippen molar-refractivity contribution < 1.29 is 4.52 Å². The van der Waals surface area contributed by atoms with E-state index in [1.165, 1.54) is 0 Å². The number of likely N-dealkylation sites (N-methyl/N-ethyl adjacent to an activating group) is 1. The van der Waals surface area contributed by atoms with Crippen LogP contribution in [0.5, 0.6) is 0 Å². The SMILES string of the molecule is CN1CCc2noc(=O)n2-c2ccccc21. The van der Waals surface area contributed by atoms with Gasteiger partial charge in [-0.05, 0) is 12.1 Å². The fourth-order valence-corrected chi connectivity index (χ4v) is 2.04. The van der Waals surface area contributed by atoms with Crippen LogP contribution in [0.1, 0.15) is 5.82 Å². The molecule has 0 aliphatic carbocycles. The third-order valence-electron chi connectivity index (χ3n) is 2.87. The first-order valence-electron chi connectivity index (χ1n) is 5.15. The molecule has 0 amide bonds. The lowest BCUT2D eigenvalue weighted by atomic mass is 10.2. The van der Waals surface area contributed by atoms with E-state index in [2.05, 4.69) is 10.1 Å². The van der Waals surface area contributed by atoms with E-state index in [-0.39, 0.29) is 0 Å². The monoisotopic (exact) mass is 217 g/mol. The van der Waals surface area contributed by atoms with Crippen LogP contribution in [0.15, 0.2) is 33.6 Å². The van der Waals surface area contributed by atoms with E-state index in [1.54, 1.807) is 4.57 Å². The maximum atomic E-state index is 11.6. The number of para-hydroxylation sites is 2. The van der Waals surface area contributed by atoms with E-state index in [0.717, 1.165) is 17.9 Å². The Kier molecular flexibility index (Phi) is 1.86. The Morgan fingerprint density at radius 1 is 1.31 bits per heavy atom. The number of fused-ring (bicyclic) bond motifs is 3. The molecular weight excluding hydrogens is 206 g/mol. The van der Waals surface area contributed by atoms with E-state index in [9.17, 15) is 4.79 Å². The van der Waals surface area contributed by atoms with Gasteiger partial charge >= 0.3 is 5.76 Å². The Labute approximate surface area is 91.9 Å². The molecule has 0 bridgehead atoms. The molecule has 5 nitrogen and oxygen atoms in total. The van der Waals surface area contributed by atoms with Gasteiger partial charge < -0.3 is 4.90 Å². The molecule has 0 radical (unpaired) electrons. The average Bonchev–Trinajstić information content (AvgIpc) is 2.60. The highest BCUT2D eigenvalue weighted by Crippen LogP contribution is 2.25. The first-order chi connectivity index (χ1) is 7.77. The largest absolute Gasteiger partial charge is 0.446 e. The molecule has 0 fully saturated rings. The minimum Gasteiger partial charge on any atom is -0.372 e. The Hall–Kier alpha value is -2.04. The summed E-state index contributed by atoms with van der Waals surface area (Å²) in [4.78, 5) is 13.7. The summed E-state index contributed by atoms with van der Waals surface area (Å²) in [7, 11) is 2.01. The van der Waals surface area contributed by atoms with Gasteiger partial charge in [0.2, 0.25) is 0 Å². The molecule has 0 unspecified atom stereocenters. The minimum atomic E-state index is -0.419. The van der Waals surface area contributed by atoms with Crippen molar-refractivity contribution >= 4 is 5.69 Å². The number of aromatic nitrogens is 2. The zero-order chi connectivity index (χ0) is 11.1. The van der Waals surface area contributed by atoms with Crippen LogP contribution in [0.3, 0.4) is 0 Å². The van der Waals surface area contributed by atoms with E-state index in [4.69, 9.17) is 4.52 Å². The van der Waals surface area contributed by atoms with Gasteiger partial charge in [-0.3, -0.25) is 4.52 Å². The van der Waals surface area contributed by atoms with E-state index >= 15 is 0 Å². The highest BCUT2D eigenvalue weighted by atomic mass is 16.5. The molecule has 16 heavy (non-hydrogen) atoms. The van der Waals surface area contributed by atoms with Crippen molar-refractivity contribution in [2.24, 2.45) is 0 Å². The molecule has 2 aromatic rings. The summed E-state index contributed by atoms with van der Waals surface area (Å²) in [5.74, 6) is 0.263. The van der Waals surface area contributed by atoms with E-state index < -0.39 is 5.76 Å². The normalized spacial score (nSPS) is 14.2. The number of hydrogen-bond acceptors (Lipinski definition) is 4. The van der Waals surface area contributed by atoms with E-state index in [1.807, 2.05) is 31.3 Å². The molecule has 0 saturated heterocycles. The quantitative estimate of drug-likeness (QED) is 0.655. The molecule has 3 rings (SSSR count). The van der Waals surface area contributed by atoms with Crippen LogP contribution in [0.2, 0.25) is 0 Å². The summed E-state index contributed by atoms with van der Waals surface area (Å²) in [5, 5.41) is 3.80. The minimum absolute atomic E-state index is 0.419. The van der Waals surface area contributed by atoms with Crippen LogP contribution >= 0.6 is 0 Å². The Morgan fingerprint density at radius 2 is 2.06 bits per heavy atom. The predicted octanol–water partition coefficient (Wildman–Crippen LogP) is 0.818. The summed E-state index contributed by atoms with van der Waals surface area (Å²) in [5.41, 5.74) is 1.86. The van der Waals surface area contributed by atoms with Gasteiger partial charge in [0.15, 0.2) is 5.82 Å². The van der Waals surface area contributed by atoms with Gasteiger partial charge in [0.05, 0.1) is 11.4 Å². The second-order valence-electron chi connectivity index (χ2n) is 3.86. The number of rotatable bonds is 0. The molecule has 0 atom stereocenters. The van der Waals surface area contributed by atoms with Crippen LogP contribution in [0.25, 0.3) is 5.69 Å². The Morgan fingerprint density at radius 3 is 2.88 bits per heavy atom. The summed E-state index contributed by atoms with van der Waals surface area (Å²) in [6.45, 7) is 0.822. The molecule has 0 saturated carbocycles. The number of anilines is 1. The van der Waals surface area contributed by atoms with Gasteiger partial charge in [-0.15, -0.1) is 0 Å². The fraction of sp³-hybridized carbons (Fsp3) is 0.273. The summed E-state index contributed by atoms with van der Waals surface area (Å²) in [6.07, 6.45) is 0.705. The molecule has 82 valence electrons. The van der Waals surface area contributed by atoms with Gasteiger partial charge in [0.1, 0.15) is 0 Å². The first kappa shape index (κ1) is 9.21. The van der Waals surface area contributed by atoms with Gasteiger partial charge in [0, 0.05) is 20.0 Å². The first-order valence-corrected chi connectivity index (χ1v) is 5.15. The summed E-state index contributed by atoms with van der Waals surface area (Å²) >= 11 is 0. The molecule has 1 aromatic heterocycles. The fourth-order valence-electron chi connectivity index (χ4n) is 2.04. The molecule has 2 heterocycles. The highest BCUT2D eigenvalue weighted by Gasteiger charge is 2.20. The van der Waals surface area contributed by atoms with Crippen LogP contribution in [0, 0.1) is 0 Å². The summed E-state index contributed by atoms with van der Waals surface area (Å²) in [6, 6.07) is 7.75. The van der Waals surface area contributed by atoms with Gasteiger partial charge in [-0.25, -0.2) is 9.36 Å². The number of hydrogen-bond donors (Lipinski definition) is 0. The van der Waals surface area contributed by atoms with Crippen molar-refractivity contribution in [1.29, 1.82) is 0 Å².